The Labute approximate surface area is 134 Å². The van der Waals surface area contributed by atoms with Crippen molar-refractivity contribution >= 4 is 12.6 Å². The minimum Gasteiger partial charge on any atom is -0.399 e. The van der Waals surface area contributed by atoms with Gasteiger partial charge < -0.3 is 15.0 Å². The molecule has 1 saturated heterocycles. The Kier molecular flexibility index (Phi) is 5.34. The molecule has 1 aliphatic rings. The van der Waals surface area contributed by atoms with Crippen LogP contribution in [0, 0.1) is 11.8 Å². The van der Waals surface area contributed by atoms with Gasteiger partial charge in [-0.15, -0.1) is 0 Å². The van der Waals surface area contributed by atoms with E-state index in [1.54, 1.807) is 0 Å². The Morgan fingerprint density at radius 3 is 2.14 bits per heavy atom. The van der Waals surface area contributed by atoms with Gasteiger partial charge in [0.25, 0.3) is 0 Å². The minimum atomic E-state index is -0.309. The molecule has 0 bridgehead atoms. The predicted molar refractivity (Wildman–Crippen MR) is 91.9 cm³/mol. The summed E-state index contributed by atoms with van der Waals surface area (Å²) in [6.45, 7) is 9.00. The van der Waals surface area contributed by atoms with Gasteiger partial charge in [0.15, 0.2) is 0 Å². The third-order valence-electron chi connectivity index (χ3n) is 4.42. The van der Waals surface area contributed by atoms with Crippen molar-refractivity contribution in [3.05, 3.63) is 29.8 Å². The Bertz CT molecular complexity index is 539. The fourth-order valence-corrected chi connectivity index (χ4v) is 2.23. The molecular formula is C18H26BNO2. The largest absolute Gasteiger partial charge is 0.494 e. The molecule has 1 heterocycles. The molecule has 1 aromatic rings. The molecule has 0 aromatic heterocycles. The van der Waals surface area contributed by atoms with Crippen molar-refractivity contribution in [2.45, 2.75) is 58.2 Å². The lowest BCUT2D eigenvalue weighted by atomic mass is 9.79. The minimum absolute atomic E-state index is 0.306. The highest BCUT2D eigenvalue weighted by molar-refractivity contribution is 6.62. The third kappa shape index (κ3) is 3.92. The average molecular weight is 299 g/mol. The second kappa shape index (κ2) is 6.87. The molecule has 0 atom stereocenters. The molecule has 1 aromatic carbocycles. The maximum Gasteiger partial charge on any atom is 0.494 e. The van der Waals surface area contributed by atoms with E-state index in [1.807, 2.05) is 24.3 Å². The molecule has 2 N–H and O–H groups in total. The molecule has 3 nitrogen and oxygen atoms in total. The van der Waals surface area contributed by atoms with Crippen LogP contribution >= 0.6 is 0 Å². The second-order valence-corrected chi connectivity index (χ2v) is 6.76. The smallest absolute Gasteiger partial charge is 0.399 e. The van der Waals surface area contributed by atoms with E-state index in [2.05, 4.69) is 39.5 Å². The van der Waals surface area contributed by atoms with Crippen LogP contribution in [0.3, 0.4) is 0 Å². The molecule has 0 spiro atoms. The Balaban J connectivity index is 1.98. The summed E-state index contributed by atoms with van der Waals surface area (Å²) in [6.07, 6.45) is 3.00. The van der Waals surface area contributed by atoms with E-state index in [0.29, 0.717) is 0 Å². The van der Waals surface area contributed by atoms with Crippen molar-refractivity contribution in [2.75, 3.05) is 6.54 Å². The van der Waals surface area contributed by atoms with Gasteiger partial charge in [0, 0.05) is 12.0 Å². The van der Waals surface area contributed by atoms with E-state index >= 15 is 0 Å². The zero-order chi connectivity index (χ0) is 16.2. The second-order valence-electron chi connectivity index (χ2n) is 6.76. The zero-order valence-corrected chi connectivity index (χ0v) is 14.1. The average Bonchev–Trinajstić information content (AvgIpc) is 2.68. The van der Waals surface area contributed by atoms with E-state index in [4.69, 9.17) is 15.0 Å². The monoisotopic (exact) mass is 299 g/mol. The first-order valence-corrected chi connectivity index (χ1v) is 8.00. The summed E-state index contributed by atoms with van der Waals surface area (Å²) >= 11 is 0. The lowest BCUT2D eigenvalue weighted by Gasteiger charge is -2.32. The summed E-state index contributed by atoms with van der Waals surface area (Å²) in [6, 6.07) is 8.12. The van der Waals surface area contributed by atoms with Crippen molar-refractivity contribution in [1.82, 2.24) is 0 Å². The maximum atomic E-state index is 6.05. The topological polar surface area (TPSA) is 44.5 Å². The first-order chi connectivity index (χ1) is 10.4. The lowest BCUT2D eigenvalue weighted by Crippen LogP contribution is -2.41. The third-order valence-corrected chi connectivity index (χ3v) is 4.42. The summed E-state index contributed by atoms with van der Waals surface area (Å²) in [7, 11) is -0.309. The van der Waals surface area contributed by atoms with E-state index in [9.17, 15) is 0 Å². The molecule has 2 rings (SSSR count). The number of rotatable bonds is 4. The fraction of sp³-hybridized carbons (Fsp3) is 0.556. The van der Waals surface area contributed by atoms with Gasteiger partial charge in [0.2, 0.25) is 0 Å². The van der Waals surface area contributed by atoms with Crippen LogP contribution in [0.2, 0.25) is 0 Å². The first-order valence-electron chi connectivity index (χ1n) is 8.00. The molecule has 22 heavy (non-hydrogen) atoms. The van der Waals surface area contributed by atoms with Gasteiger partial charge in [-0.1, -0.05) is 24.0 Å². The fourth-order valence-electron chi connectivity index (χ4n) is 2.23. The van der Waals surface area contributed by atoms with Crippen LogP contribution in [0.1, 0.15) is 52.5 Å². The van der Waals surface area contributed by atoms with Crippen molar-refractivity contribution in [2.24, 2.45) is 5.73 Å². The Hall–Kier alpha value is -1.28. The van der Waals surface area contributed by atoms with Gasteiger partial charge in [0.1, 0.15) is 0 Å². The van der Waals surface area contributed by atoms with Crippen molar-refractivity contribution in [3.8, 4) is 11.8 Å². The maximum absolute atomic E-state index is 6.05. The van der Waals surface area contributed by atoms with Crippen LogP contribution in [0.5, 0.6) is 0 Å². The SMILES string of the molecule is CC1(C)OB(c2ccc(C#CCCCCN)cc2)OC1(C)C. The summed E-state index contributed by atoms with van der Waals surface area (Å²) in [5, 5.41) is 0. The number of nitrogens with two attached hydrogens (primary N) is 1. The van der Waals surface area contributed by atoms with Crippen molar-refractivity contribution in [1.29, 1.82) is 0 Å². The van der Waals surface area contributed by atoms with Gasteiger partial charge in [0.05, 0.1) is 11.2 Å². The Morgan fingerprint density at radius 2 is 1.59 bits per heavy atom. The quantitative estimate of drug-likeness (QED) is 0.528. The lowest BCUT2D eigenvalue weighted by molar-refractivity contribution is 0.00578. The molecule has 4 heteroatoms. The van der Waals surface area contributed by atoms with E-state index < -0.39 is 0 Å². The normalized spacial score (nSPS) is 18.9. The van der Waals surface area contributed by atoms with E-state index in [1.165, 1.54) is 0 Å². The van der Waals surface area contributed by atoms with Crippen LogP contribution in [0.25, 0.3) is 0 Å². The molecule has 1 aliphatic heterocycles. The molecule has 1 fully saturated rings. The van der Waals surface area contributed by atoms with Gasteiger partial charge >= 0.3 is 7.12 Å². The summed E-state index contributed by atoms with van der Waals surface area (Å²) in [5.74, 6) is 6.37. The van der Waals surface area contributed by atoms with Crippen LogP contribution in [-0.4, -0.2) is 24.9 Å². The highest BCUT2D eigenvalue weighted by atomic mass is 16.7. The summed E-state index contributed by atoms with van der Waals surface area (Å²) in [5.41, 5.74) is 6.91. The molecule has 0 saturated carbocycles. The van der Waals surface area contributed by atoms with E-state index in [-0.39, 0.29) is 18.3 Å². The number of benzene rings is 1. The van der Waals surface area contributed by atoms with E-state index in [0.717, 1.165) is 36.8 Å². The van der Waals surface area contributed by atoms with Crippen molar-refractivity contribution < 1.29 is 9.31 Å². The Morgan fingerprint density at radius 1 is 1.00 bits per heavy atom. The van der Waals surface area contributed by atoms with Gasteiger partial charge in [-0.3, -0.25) is 0 Å². The predicted octanol–water partition coefficient (Wildman–Crippen LogP) is 2.47. The highest BCUT2D eigenvalue weighted by Gasteiger charge is 2.51. The van der Waals surface area contributed by atoms with Crippen molar-refractivity contribution in [3.63, 3.8) is 0 Å². The first kappa shape index (κ1) is 17.1. The molecule has 0 amide bonds. The molecule has 0 aliphatic carbocycles. The number of unbranched alkanes of at least 4 members (excludes halogenated alkanes) is 2. The molecule has 0 radical (unpaired) electrons. The van der Waals surface area contributed by atoms with Crippen LogP contribution in [0.15, 0.2) is 24.3 Å². The molecular weight excluding hydrogens is 273 g/mol. The number of hydrogen-bond donors (Lipinski definition) is 1. The standard InChI is InChI=1S/C18H26BNO2/c1-17(2)18(3,4)22-19(21-17)16-12-10-15(11-13-16)9-7-5-6-8-14-20/h10-13H,5-6,8,14,20H2,1-4H3. The van der Waals surface area contributed by atoms with Crippen LogP contribution in [0.4, 0.5) is 0 Å². The zero-order valence-electron chi connectivity index (χ0n) is 14.1. The molecule has 118 valence electrons. The van der Waals surface area contributed by atoms with Gasteiger partial charge in [-0.2, -0.15) is 0 Å². The van der Waals surface area contributed by atoms with Crippen LogP contribution in [-0.2, 0) is 9.31 Å². The molecule has 0 unspecified atom stereocenters. The number of hydrogen-bond acceptors (Lipinski definition) is 3. The van der Waals surface area contributed by atoms with Gasteiger partial charge in [-0.25, -0.2) is 0 Å². The summed E-state index contributed by atoms with van der Waals surface area (Å²) < 4.78 is 12.1. The van der Waals surface area contributed by atoms with Crippen LogP contribution < -0.4 is 11.2 Å². The summed E-state index contributed by atoms with van der Waals surface area (Å²) in [4.78, 5) is 0. The van der Waals surface area contributed by atoms with Gasteiger partial charge in [-0.05, 0) is 64.7 Å². The highest BCUT2D eigenvalue weighted by Crippen LogP contribution is 2.36.